The summed E-state index contributed by atoms with van der Waals surface area (Å²) in [6.07, 6.45) is 7.62. The van der Waals surface area contributed by atoms with Gasteiger partial charge in [0.05, 0.1) is 6.54 Å². The van der Waals surface area contributed by atoms with E-state index in [1.165, 1.54) is 0 Å². The summed E-state index contributed by atoms with van der Waals surface area (Å²) >= 11 is 0. The first-order valence-corrected chi connectivity index (χ1v) is 9.03. The minimum absolute atomic E-state index is 0.0855. The number of rotatable bonds is 3. The molecular formula is C17H24N6O2. The van der Waals surface area contributed by atoms with Gasteiger partial charge in [-0.15, -0.1) is 0 Å². The van der Waals surface area contributed by atoms with E-state index in [0.29, 0.717) is 18.3 Å². The predicted octanol–water partition coefficient (Wildman–Crippen LogP) is 1.19. The quantitative estimate of drug-likeness (QED) is 0.832. The van der Waals surface area contributed by atoms with Gasteiger partial charge < -0.3 is 14.0 Å². The summed E-state index contributed by atoms with van der Waals surface area (Å²) in [6, 6.07) is -0.0855. The zero-order valence-corrected chi connectivity index (χ0v) is 14.6. The Kier molecular flexibility index (Phi) is 4.52. The van der Waals surface area contributed by atoms with Crippen molar-refractivity contribution in [2.75, 3.05) is 26.2 Å². The minimum Gasteiger partial charge on any atom is -0.340 e. The van der Waals surface area contributed by atoms with Gasteiger partial charge in [-0.05, 0) is 19.3 Å². The third-order valence-electron chi connectivity index (χ3n) is 5.08. The van der Waals surface area contributed by atoms with Crippen LogP contribution in [0, 0.1) is 6.92 Å². The molecule has 1 atom stereocenters. The van der Waals surface area contributed by atoms with Gasteiger partial charge in [0.25, 0.3) is 0 Å². The zero-order chi connectivity index (χ0) is 17.2. The van der Waals surface area contributed by atoms with Gasteiger partial charge in [0.1, 0.15) is 11.9 Å². The van der Waals surface area contributed by atoms with E-state index in [1.807, 2.05) is 11.1 Å². The van der Waals surface area contributed by atoms with Crippen LogP contribution in [-0.2, 0) is 17.8 Å². The molecule has 0 aromatic carbocycles. The maximum absolute atomic E-state index is 13.1. The Morgan fingerprint density at radius 2 is 2.20 bits per heavy atom. The fourth-order valence-electron chi connectivity index (χ4n) is 3.82. The molecule has 4 heterocycles. The number of carbonyl (C=O) groups excluding carboxylic acids is 1. The van der Waals surface area contributed by atoms with Crippen molar-refractivity contribution in [3.63, 3.8) is 0 Å². The normalized spacial score (nSPS) is 21.8. The Bertz CT molecular complexity index is 739. The average molecular weight is 344 g/mol. The number of fused-ring (bicyclic) bond motifs is 1. The summed E-state index contributed by atoms with van der Waals surface area (Å²) < 4.78 is 7.11. The number of hydrogen-bond donors (Lipinski definition) is 0. The molecule has 1 amide bonds. The van der Waals surface area contributed by atoms with Gasteiger partial charge in [-0.2, -0.15) is 4.98 Å². The molecule has 0 bridgehead atoms. The Balaban J connectivity index is 1.39. The summed E-state index contributed by atoms with van der Waals surface area (Å²) in [5.74, 6) is 2.58. The SMILES string of the molecule is Cc1nc(CN2CCCN(C(=O)C3CCCc4nccn43)CC2)no1. The molecule has 0 radical (unpaired) electrons. The maximum Gasteiger partial charge on any atom is 0.245 e. The molecule has 134 valence electrons. The average Bonchev–Trinajstić information content (AvgIpc) is 3.18. The first-order chi connectivity index (χ1) is 12.2. The van der Waals surface area contributed by atoms with Crippen LogP contribution >= 0.6 is 0 Å². The van der Waals surface area contributed by atoms with E-state index in [4.69, 9.17) is 4.52 Å². The second-order valence-corrected chi connectivity index (χ2v) is 6.84. The van der Waals surface area contributed by atoms with Crippen molar-refractivity contribution in [1.82, 2.24) is 29.5 Å². The molecule has 0 saturated carbocycles. The lowest BCUT2D eigenvalue weighted by Crippen LogP contribution is -2.41. The molecule has 0 spiro atoms. The summed E-state index contributed by atoms with van der Waals surface area (Å²) in [5.41, 5.74) is 0. The number of aryl methyl sites for hydroxylation is 2. The van der Waals surface area contributed by atoms with E-state index in [1.54, 1.807) is 13.1 Å². The van der Waals surface area contributed by atoms with Gasteiger partial charge in [0.2, 0.25) is 11.8 Å². The third kappa shape index (κ3) is 3.44. The van der Waals surface area contributed by atoms with Crippen molar-refractivity contribution in [1.29, 1.82) is 0 Å². The van der Waals surface area contributed by atoms with Crippen molar-refractivity contribution in [2.24, 2.45) is 0 Å². The lowest BCUT2D eigenvalue weighted by atomic mass is 10.0. The van der Waals surface area contributed by atoms with Crippen LogP contribution in [0.15, 0.2) is 16.9 Å². The van der Waals surface area contributed by atoms with E-state index in [0.717, 1.165) is 57.7 Å². The molecule has 2 aliphatic rings. The summed E-state index contributed by atoms with van der Waals surface area (Å²) in [7, 11) is 0. The van der Waals surface area contributed by atoms with Gasteiger partial charge in [-0.1, -0.05) is 5.16 Å². The summed E-state index contributed by atoms with van der Waals surface area (Å²) in [4.78, 5) is 26.0. The molecule has 8 nitrogen and oxygen atoms in total. The summed E-state index contributed by atoms with van der Waals surface area (Å²) in [5, 5.41) is 3.97. The minimum atomic E-state index is -0.0855. The number of amides is 1. The van der Waals surface area contributed by atoms with Crippen LogP contribution in [0.1, 0.15) is 42.8 Å². The fourth-order valence-corrected chi connectivity index (χ4v) is 3.82. The van der Waals surface area contributed by atoms with Crippen LogP contribution in [0.25, 0.3) is 0 Å². The van der Waals surface area contributed by atoms with Crippen molar-refractivity contribution in [3.05, 3.63) is 29.9 Å². The van der Waals surface area contributed by atoms with Crippen molar-refractivity contribution < 1.29 is 9.32 Å². The van der Waals surface area contributed by atoms with Crippen molar-refractivity contribution in [3.8, 4) is 0 Å². The highest BCUT2D eigenvalue weighted by Crippen LogP contribution is 2.26. The Hall–Kier alpha value is -2.22. The molecule has 1 saturated heterocycles. The Morgan fingerprint density at radius 1 is 1.28 bits per heavy atom. The van der Waals surface area contributed by atoms with Gasteiger partial charge in [0.15, 0.2) is 5.82 Å². The predicted molar refractivity (Wildman–Crippen MR) is 89.7 cm³/mol. The van der Waals surface area contributed by atoms with E-state index >= 15 is 0 Å². The molecule has 4 rings (SSSR count). The highest BCUT2D eigenvalue weighted by Gasteiger charge is 2.30. The molecule has 2 aromatic rings. The molecule has 2 aliphatic heterocycles. The molecule has 25 heavy (non-hydrogen) atoms. The summed E-state index contributed by atoms with van der Waals surface area (Å²) in [6.45, 7) is 5.81. The van der Waals surface area contributed by atoms with Gasteiger partial charge in [0, 0.05) is 51.9 Å². The number of aromatic nitrogens is 4. The largest absolute Gasteiger partial charge is 0.340 e. The molecule has 0 N–H and O–H groups in total. The Morgan fingerprint density at radius 3 is 3.04 bits per heavy atom. The molecule has 8 heteroatoms. The molecule has 1 unspecified atom stereocenters. The van der Waals surface area contributed by atoms with Gasteiger partial charge in [-0.3, -0.25) is 9.69 Å². The van der Waals surface area contributed by atoms with Crippen LogP contribution < -0.4 is 0 Å². The molecular weight excluding hydrogens is 320 g/mol. The van der Waals surface area contributed by atoms with Crippen LogP contribution in [0.3, 0.4) is 0 Å². The zero-order valence-electron chi connectivity index (χ0n) is 14.6. The number of nitrogens with zero attached hydrogens (tertiary/aromatic N) is 6. The fraction of sp³-hybridized carbons (Fsp3) is 0.647. The third-order valence-corrected chi connectivity index (χ3v) is 5.08. The number of hydrogen-bond acceptors (Lipinski definition) is 6. The Labute approximate surface area is 146 Å². The van der Waals surface area contributed by atoms with Crippen molar-refractivity contribution in [2.45, 2.75) is 45.2 Å². The van der Waals surface area contributed by atoms with Gasteiger partial charge >= 0.3 is 0 Å². The number of imidazole rings is 1. The highest BCUT2D eigenvalue weighted by atomic mass is 16.5. The molecule has 1 fully saturated rings. The van der Waals surface area contributed by atoms with E-state index < -0.39 is 0 Å². The van der Waals surface area contributed by atoms with Crippen LogP contribution in [0.2, 0.25) is 0 Å². The second-order valence-electron chi connectivity index (χ2n) is 6.84. The smallest absolute Gasteiger partial charge is 0.245 e. The van der Waals surface area contributed by atoms with Crippen LogP contribution in [0.5, 0.6) is 0 Å². The van der Waals surface area contributed by atoms with Gasteiger partial charge in [-0.25, -0.2) is 4.98 Å². The van der Waals surface area contributed by atoms with Crippen LogP contribution in [0.4, 0.5) is 0 Å². The second kappa shape index (κ2) is 6.95. The van der Waals surface area contributed by atoms with Crippen LogP contribution in [-0.4, -0.2) is 61.6 Å². The first-order valence-electron chi connectivity index (χ1n) is 9.03. The van der Waals surface area contributed by atoms with E-state index in [-0.39, 0.29) is 11.9 Å². The van der Waals surface area contributed by atoms with E-state index in [2.05, 4.69) is 24.6 Å². The number of carbonyl (C=O) groups is 1. The topological polar surface area (TPSA) is 80.3 Å². The molecule has 2 aromatic heterocycles. The van der Waals surface area contributed by atoms with E-state index in [9.17, 15) is 4.79 Å². The lowest BCUT2D eigenvalue weighted by molar-refractivity contribution is -0.135. The highest BCUT2D eigenvalue weighted by molar-refractivity contribution is 5.80. The standard InChI is InChI=1S/C17H24N6O2/c1-13-19-15(20-25-13)12-21-7-3-8-22(11-10-21)17(24)14-4-2-5-16-18-6-9-23(14)16/h6,9,14H,2-5,7-8,10-12H2,1H3. The maximum atomic E-state index is 13.1. The van der Waals surface area contributed by atoms with Crippen molar-refractivity contribution >= 4 is 5.91 Å². The first kappa shape index (κ1) is 16.3. The monoisotopic (exact) mass is 344 g/mol. The lowest BCUT2D eigenvalue weighted by Gasteiger charge is -2.30. The molecule has 0 aliphatic carbocycles.